The summed E-state index contributed by atoms with van der Waals surface area (Å²) in [5.41, 5.74) is 5.67. The molecular formula is C8H16N2O3. The number of methoxy groups -OCH3 is 2. The second kappa shape index (κ2) is 3.93. The van der Waals surface area contributed by atoms with Crippen molar-refractivity contribution in [1.82, 2.24) is 4.90 Å². The molecule has 0 atom stereocenters. The summed E-state index contributed by atoms with van der Waals surface area (Å²) in [6, 6.07) is 0. The minimum Gasteiger partial charge on any atom is -0.453 e. The van der Waals surface area contributed by atoms with Gasteiger partial charge in [-0.3, -0.25) is 0 Å². The maximum Gasteiger partial charge on any atom is 0.409 e. The highest BCUT2D eigenvalue weighted by Crippen LogP contribution is 2.22. The van der Waals surface area contributed by atoms with Gasteiger partial charge in [0.25, 0.3) is 0 Å². The summed E-state index contributed by atoms with van der Waals surface area (Å²) in [4.78, 5) is 12.6. The van der Waals surface area contributed by atoms with Gasteiger partial charge in [-0.1, -0.05) is 0 Å². The molecule has 5 nitrogen and oxygen atoms in total. The number of hydrogen-bond acceptors (Lipinski definition) is 4. The lowest BCUT2D eigenvalue weighted by molar-refractivity contribution is 0.0354. The quantitative estimate of drug-likeness (QED) is 0.666. The van der Waals surface area contributed by atoms with E-state index in [0.29, 0.717) is 19.7 Å². The van der Waals surface area contributed by atoms with Crippen molar-refractivity contribution in [2.75, 3.05) is 33.9 Å². The summed E-state index contributed by atoms with van der Waals surface area (Å²) in [5, 5.41) is 0. The van der Waals surface area contributed by atoms with Crippen LogP contribution in [0.15, 0.2) is 0 Å². The van der Waals surface area contributed by atoms with Crippen LogP contribution in [0.5, 0.6) is 0 Å². The summed E-state index contributed by atoms with van der Waals surface area (Å²) in [6.45, 7) is 1.75. The monoisotopic (exact) mass is 188 g/mol. The van der Waals surface area contributed by atoms with Gasteiger partial charge in [0.15, 0.2) is 0 Å². The van der Waals surface area contributed by atoms with Gasteiger partial charge in [0.05, 0.1) is 12.6 Å². The molecule has 5 heteroatoms. The van der Waals surface area contributed by atoms with Crippen molar-refractivity contribution >= 4 is 6.09 Å². The molecule has 13 heavy (non-hydrogen) atoms. The van der Waals surface area contributed by atoms with Crippen LogP contribution in [-0.4, -0.2) is 50.4 Å². The lowest BCUT2D eigenvalue weighted by atomic mass is 9.88. The van der Waals surface area contributed by atoms with E-state index < -0.39 is 0 Å². The van der Waals surface area contributed by atoms with Crippen molar-refractivity contribution in [3.8, 4) is 0 Å². The van der Waals surface area contributed by atoms with Crippen LogP contribution in [0.1, 0.15) is 6.42 Å². The second-order valence-corrected chi connectivity index (χ2v) is 3.43. The number of rotatable bonds is 3. The average molecular weight is 188 g/mol. The van der Waals surface area contributed by atoms with Crippen molar-refractivity contribution in [3.05, 3.63) is 0 Å². The minimum atomic E-state index is -0.307. The zero-order valence-corrected chi connectivity index (χ0v) is 8.08. The predicted molar refractivity (Wildman–Crippen MR) is 47.4 cm³/mol. The Morgan fingerprint density at radius 1 is 1.54 bits per heavy atom. The number of nitrogens with zero attached hydrogens (tertiary/aromatic N) is 1. The first-order valence-electron chi connectivity index (χ1n) is 4.22. The number of carbonyl (C=O) groups excluding carboxylic acids is 1. The lowest BCUT2D eigenvalue weighted by Crippen LogP contribution is -2.68. The zero-order chi connectivity index (χ0) is 9.90. The highest BCUT2D eigenvalue weighted by molar-refractivity contribution is 5.69. The zero-order valence-electron chi connectivity index (χ0n) is 8.08. The fourth-order valence-corrected chi connectivity index (χ4v) is 1.44. The van der Waals surface area contributed by atoms with Gasteiger partial charge in [0.2, 0.25) is 0 Å². The third-order valence-corrected chi connectivity index (χ3v) is 2.25. The van der Waals surface area contributed by atoms with E-state index in [-0.39, 0.29) is 11.6 Å². The predicted octanol–water partition coefficient (Wildman–Crippen LogP) is -0.198. The SMILES string of the molecule is COCCC1(N)CN(C(=O)OC)C1. The van der Waals surface area contributed by atoms with E-state index in [1.807, 2.05) is 0 Å². The molecule has 1 heterocycles. The van der Waals surface area contributed by atoms with Crippen molar-refractivity contribution in [1.29, 1.82) is 0 Å². The van der Waals surface area contributed by atoms with E-state index in [4.69, 9.17) is 10.5 Å². The molecule has 1 saturated heterocycles. The lowest BCUT2D eigenvalue weighted by Gasteiger charge is -2.46. The van der Waals surface area contributed by atoms with E-state index >= 15 is 0 Å². The van der Waals surface area contributed by atoms with Gasteiger partial charge in [-0.15, -0.1) is 0 Å². The minimum absolute atomic E-state index is 0.274. The Bertz CT molecular complexity index is 190. The molecule has 1 amide bonds. The number of nitrogens with two attached hydrogens (primary N) is 1. The third kappa shape index (κ3) is 2.32. The Balaban J connectivity index is 2.26. The van der Waals surface area contributed by atoms with Crippen LogP contribution in [0.2, 0.25) is 0 Å². The molecule has 76 valence electrons. The van der Waals surface area contributed by atoms with Crippen molar-refractivity contribution in [2.45, 2.75) is 12.0 Å². The van der Waals surface area contributed by atoms with Crippen molar-refractivity contribution in [2.24, 2.45) is 5.73 Å². The highest BCUT2D eigenvalue weighted by atomic mass is 16.5. The molecule has 1 aliphatic heterocycles. The topological polar surface area (TPSA) is 64.8 Å². The average Bonchev–Trinajstić information content (AvgIpc) is 2.09. The molecule has 0 aromatic heterocycles. The standard InChI is InChI=1S/C8H16N2O3/c1-12-4-3-8(9)5-10(6-8)7(11)13-2/h3-6,9H2,1-2H3. The molecule has 0 aliphatic carbocycles. The molecular weight excluding hydrogens is 172 g/mol. The van der Waals surface area contributed by atoms with Crippen LogP contribution in [0.4, 0.5) is 4.79 Å². The number of hydrogen-bond donors (Lipinski definition) is 1. The van der Waals surface area contributed by atoms with E-state index in [2.05, 4.69) is 4.74 Å². The van der Waals surface area contributed by atoms with Gasteiger partial charge >= 0.3 is 6.09 Å². The first-order valence-corrected chi connectivity index (χ1v) is 4.22. The second-order valence-electron chi connectivity index (χ2n) is 3.43. The fourth-order valence-electron chi connectivity index (χ4n) is 1.44. The number of carbonyl (C=O) groups is 1. The molecule has 0 radical (unpaired) electrons. The van der Waals surface area contributed by atoms with Crippen LogP contribution < -0.4 is 5.73 Å². The fraction of sp³-hybridized carbons (Fsp3) is 0.875. The van der Waals surface area contributed by atoms with Crippen molar-refractivity contribution in [3.63, 3.8) is 0 Å². The first-order chi connectivity index (χ1) is 6.11. The normalized spacial score (nSPS) is 19.5. The Hall–Kier alpha value is -0.810. The Morgan fingerprint density at radius 2 is 2.15 bits per heavy atom. The molecule has 1 rings (SSSR count). The summed E-state index contributed by atoms with van der Waals surface area (Å²) in [6.07, 6.45) is 0.468. The Morgan fingerprint density at radius 3 is 2.62 bits per heavy atom. The number of ether oxygens (including phenoxy) is 2. The third-order valence-electron chi connectivity index (χ3n) is 2.25. The molecule has 0 bridgehead atoms. The van der Waals surface area contributed by atoms with E-state index in [1.165, 1.54) is 7.11 Å². The van der Waals surface area contributed by atoms with Gasteiger partial charge in [0.1, 0.15) is 0 Å². The Labute approximate surface area is 77.8 Å². The van der Waals surface area contributed by atoms with Crippen molar-refractivity contribution < 1.29 is 14.3 Å². The number of likely N-dealkylation sites (tertiary alicyclic amines) is 1. The summed E-state index contributed by atoms with van der Waals surface area (Å²) < 4.78 is 9.47. The van der Waals surface area contributed by atoms with Gasteiger partial charge in [-0.25, -0.2) is 4.79 Å². The van der Waals surface area contributed by atoms with Gasteiger partial charge in [0, 0.05) is 26.8 Å². The van der Waals surface area contributed by atoms with Crippen LogP contribution in [-0.2, 0) is 9.47 Å². The molecule has 1 fully saturated rings. The maximum absolute atomic E-state index is 11.0. The van der Waals surface area contributed by atoms with Crippen LogP contribution >= 0.6 is 0 Å². The molecule has 0 aromatic rings. The molecule has 0 saturated carbocycles. The van der Waals surface area contributed by atoms with Crippen LogP contribution in [0.25, 0.3) is 0 Å². The molecule has 0 aromatic carbocycles. The van der Waals surface area contributed by atoms with Gasteiger partial charge in [-0.2, -0.15) is 0 Å². The smallest absolute Gasteiger partial charge is 0.409 e. The summed E-state index contributed by atoms with van der Waals surface area (Å²) in [7, 11) is 3.01. The number of amides is 1. The molecule has 2 N–H and O–H groups in total. The molecule has 1 aliphatic rings. The highest BCUT2D eigenvalue weighted by Gasteiger charge is 2.42. The molecule has 0 spiro atoms. The van der Waals surface area contributed by atoms with Crippen LogP contribution in [0, 0.1) is 0 Å². The first kappa shape index (κ1) is 10.3. The maximum atomic E-state index is 11.0. The largest absolute Gasteiger partial charge is 0.453 e. The Kier molecular flexibility index (Phi) is 3.11. The van der Waals surface area contributed by atoms with Gasteiger partial charge in [-0.05, 0) is 6.42 Å². The van der Waals surface area contributed by atoms with E-state index in [0.717, 1.165) is 6.42 Å². The van der Waals surface area contributed by atoms with E-state index in [1.54, 1.807) is 12.0 Å². The summed E-state index contributed by atoms with van der Waals surface area (Å²) in [5.74, 6) is 0. The van der Waals surface area contributed by atoms with Gasteiger partial charge < -0.3 is 20.1 Å². The van der Waals surface area contributed by atoms with E-state index in [9.17, 15) is 4.79 Å². The molecule has 0 unspecified atom stereocenters. The summed E-state index contributed by atoms with van der Waals surface area (Å²) >= 11 is 0. The van der Waals surface area contributed by atoms with Crippen LogP contribution in [0.3, 0.4) is 0 Å².